The lowest BCUT2D eigenvalue weighted by Gasteiger charge is -2.05. The Morgan fingerprint density at radius 1 is 1.00 bits per heavy atom. The zero-order valence-electron chi connectivity index (χ0n) is 15.5. The summed E-state index contributed by atoms with van der Waals surface area (Å²) in [4.78, 5) is 23.4. The van der Waals surface area contributed by atoms with Gasteiger partial charge in [-0.15, -0.1) is 0 Å². The van der Waals surface area contributed by atoms with Crippen LogP contribution in [0.4, 0.5) is 15.8 Å². The fourth-order valence-electron chi connectivity index (χ4n) is 2.97. The second kappa shape index (κ2) is 7.96. The molecule has 4 rings (SSSR count). The molecule has 7 nitrogen and oxygen atoms in total. The molecule has 1 heterocycles. The number of non-ortho nitro benzene ring substituents is 1. The number of carbonyl (C=O) groups excluding carboxylic acids is 1. The number of para-hydroxylation sites is 1. The number of carbonyl (C=O) groups is 1. The van der Waals surface area contributed by atoms with Crippen molar-refractivity contribution in [2.45, 2.75) is 0 Å². The first-order valence-corrected chi connectivity index (χ1v) is 8.98. The average molecular weight is 402 g/mol. The number of nitro benzene ring substituents is 1. The largest absolute Gasteiger partial charge is 0.322 e. The lowest BCUT2D eigenvalue weighted by atomic mass is 10.1. The van der Waals surface area contributed by atoms with Gasteiger partial charge in [-0.05, 0) is 42.5 Å². The van der Waals surface area contributed by atoms with Crippen molar-refractivity contribution in [3.63, 3.8) is 0 Å². The molecule has 1 amide bonds. The van der Waals surface area contributed by atoms with Crippen molar-refractivity contribution in [3.8, 4) is 16.9 Å². The smallest absolute Gasteiger partial charge is 0.269 e. The van der Waals surface area contributed by atoms with Crippen molar-refractivity contribution in [1.29, 1.82) is 0 Å². The molecular formula is C22H15FN4O3. The molecule has 1 N–H and O–H groups in total. The summed E-state index contributed by atoms with van der Waals surface area (Å²) in [5.41, 5.74) is 2.12. The monoisotopic (exact) mass is 402 g/mol. The van der Waals surface area contributed by atoms with Gasteiger partial charge in [-0.3, -0.25) is 14.9 Å². The standard InChI is InChI=1S/C22H15FN4O3/c23-16-5-4-6-17(13-16)24-22(28)20-14-26(18-7-2-1-3-8-18)25-21(20)15-9-11-19(12-10-15)27(29)30/h1-14H,(H,24,28). The van der Waals surface area contributed by atoms with Gasteiger partial charge in [0.15, 0.2) is 0 Å². The van der Waals surface area contributed by atoms with Gasteiger partial charge in [-0.25, -0.2) is 9.07 Å². The van der Waals surface area contributed by atoms with Crippen LogP contribution in [0.5, 0.6) is 0 Å². The van der Waals surface area contributed by atoms with E-state index in [2.05, 4.69) is 10.4 Å². The molecule has 1 aromatic heterocycles. The summed E-state index contributed by atoms with van der Waals surface area (Å²) < 4.78 is 15.0. The maximum atomic E-state index is 13.5. The fourth-order valence-corrected chi connectivity index (χ4v) is 2.97. The third-order valence-electron chi connectivity index (χ3n) is 4.41. The van der Waals surface area contributed by atoms with Gasteiger partial charge in [-0.1, -0.05) is 24.3 Å². The van der Waals surface area contributed by atoms with Gasteiger partial charge < -0.3 is 5.32 Å². The minimum atomic E-state index is -0.496. The van der Waals surface area contributed by atoms with Gasteiger partial charge in [-0.2, -0.15) is 5.10 Å². The first-order valence-electron chi connectivity index (χ1n) is 8.98. The Kier molecular flexibility index (Phi) is 5.04. The predicted molar refractivity (Wildman–Crippen MR) is 110 cm³/mol. The number of nitrogens with one attached hydrogen (secondary N) is 1. The van der Waals surface area contributed by atoms with E-state index in [0.717, 1.165) is 5.69 Å². The second-order valence-electron chi connectivity index (χ2n) is 6.44. The Bertz CT molecular complexity index is 1220. The number of hydrogen-bond acceptors (Lipinski definition) is 4. The number of benzene rings is 3. The first-order chi connectivity index (χ1) is 14.5. The van der Waals surface area contributed by atoms with Crippen molar-refractivity contribution < 1.29 is 14.1 Å². The summed E-state index contributed by atoms with van der Waals surface area (Å²) in [6, 6.07) is 20.6. The van der Waals surface area contributed by atoms with E-state index in [4.69, 9.17) is 0 Å². The van der Waals surface area contributed by atoms with E-state index in [0.29, 0.717) is 16.9 Å². The van der Waals surface area contributed by atoms with E-state index < -0.39 is 16.6 Å². The molecule has 0 bridgehead atoms. The highest BCUT2D eigenvalue weighted by Gasteiger charge is 2.20. The SMILES string of the molecule is O=C(Nc1cccc(F)c1)c1cn(-c2ccccc2)nc1-c1ccc([N+](=O)[O-])cc1. The summed E-state index contributed by atoms with van der Waals surface area (Å²) in [7, 11) is 0. The highest BCUT2D eigenvalue weighted by molar-refractivity contribution is 6.08. The van der Waals surface area contributed by atoms with Crippen LogP contribution in [0.25, 0.3) is 16.9 Å². The van der Waals surface area contributed by atoms with Crippen molar-refractivity contribution in [3.05, 3.63) is 107 Å². The van der Waals surface area contributed by atoms with Gasteiger partial charge in [0.1, 0.15) is 11.5 Å². The Labute approximate surface area is 170 Å². The van der Waals surface area contributed by atoms with Crippen LogP contribution < -0.4 is 5.32 Å². The van der Waals surface area contributed by atoms with Crippen LogP contribution in [0.3, 0.4) is 0 Å². The Hall–Kier alpha value is -4.33. The third-order valence-corrected chi connectivity index (χ3v) is 4.41. The summed E-state index contributed by atoms with van der Waals surface area (Å²) in [6.07, 6.45) is 1.57. The van der Waals surface area contributed by atoms with E-state index in [-0.39, 0.29) is 11.3 Å². The van der Waals surface area contributed by atoms with Gasteiger partial charge in [0.25, 0.3) is 11.6 Å². The number of nitro groups is 1. The van der Waals surface area contributed by atoms with Gasteiger partial charge in [0.05, 0.1) is 16.2 Å². The zero-order chi connectivity index (χ0) is 21.1. The number of hydrogen-bond donors (Lipinski definition) is 1. The molecule has 30 heavy (non-hydrogen) atoms. The number of nitrogens with zero attached hydrogens (tertiary/aromatic N) is 3. The molecule has 0 aliphatic rings. The second-order valence-corrected chi connectivity index (χ2v) is 6.44. The number of aromatic nitrogens is 2. The predicted octanol–water partition coefficient (Wildman–Crippen LogP) is 4.84. The lowest BCUT2D eigenvalue weighted by molar-refractivity contribution is -0.384. The molecule has 0 saturated carbocycles. The Morgan fingerprint density at radius 2 is 1.73 bits per heavy atom. The highest BCUT2D eigenvalue weighted by Crippen LogP contribution is 2.26. The number of anilines is 1. The molecule has 0 fully saturated rings. The minimum absolute atomic E-state index is 0.0630. The van der Waals surface area contributed by atoms with E-state index >= 15 is 0 Å². The van der Waals surface area contributed by atoms with Crippen LogP contribution in [0, 0.1) is 15.9 Å². The van der Waals surface area contributed by atoms with Crippen molar-refractivity contribution in [1.82, 2.24) is 9.78 Å². The Morgan fingerprint density at radius 3 is 2.40 bits per heavy atom. The molecule has 3 aromatic carbocycles. The van der Waals surface area contributed by atoms with Crippen molar-refractivity contribution in [2.75, 3.05) is 5.32 Å². The molecule has 0 radical (unpaired) electrons. The number of halogens is 1. The summed E-state index contributed by atoms with van der Waals surface area (Å²) in [5.74, 6) is -0.945. The molecule has 8 heteroatoms. The summed E-state index contributed by atoms with van der Waals surface area (Å²) >= 11 is 0. The van der Waals surface area contributed by atoms with E-state index in [1.165, 1.54) is 42.5 Å². The molecular weight excluding hydrogens is 387 g/mol. The highest BCUT2D eigenvalue weighted by atomic mass is 19.1. The molecule has 0 atom stereocenters. The molecule has 0 saturated heterocycles. The summed E-state index contributed by atoms with van der Waals surface area (Å²) in [6.45, 7) is 0. The van der Waals surface area contributed by atoms with Crippen LogP contribution in [0.1, 0.15) is 10.4 Å². The molecule has 0 aliphatic heterocycles. The van der Waals surface area contributed by atoms with Crippen LogP contribution in [0.15, 0.2) is 85.1 Å². The lowest BCUT2D eigenvalue weighted by Crippen LogP contribution is -2.12. The van der Waals surface area contributed by atoms with Gasteiger partial charge >= 0.3 is 0 Å². The fraction of sp³-hybridized carbons (Fsp3) is 0. The molecule has 0 spiro atoms. The maximum absolute atomic E-state index is 13.5. The van der Waals surface area contributed by atoms with Crippen molar-refractivity contribution >= 4 is 17.3 Å². The van der Waals surface area contributed by atoms with Gasteiger partial charge in [0, 0.05) is 29.6 Å². The molecule has 0 aliphatic carbocycles. The topological polar surface area (TPSA) is 90.1 Å². The van der Waals surface area contributed by atoms with E-state index in [1.54, 1.807) is 16.9 Å². The average Bonchev–Trinajstić information content (AvgIpc) is 3.20. The van der Waals surface area contributed by atoms with Crippen LogP contribution >= 0.6 is 0 Å². The maximum Gasteiger partial charge on any atom is 0.269 e. The van der Waals surface area contributed by atoms with E-state index in [1.807, 2.05) is 30.3 Å². The van der Waals surface area contributed by atoms with Crippen LogP contribution in [-0.4, -0.2) is 20.6 Å². The third kappa shape index (κ3) is 3.93. The molecule has 148 valence electrons. The Balaban J connectivity index is 1.76. The van der Waals surface area contributed by atoms with E-state index in [9.17, 15) is 19.3 Å². The number of amides is 1. The van der Waals surface area contributed by atoms with Crippen LogP contribution in [-0.2, 0) is 0 Å². The molecule has 0 unspecified atom stereocenters. The first kappa shape index (κ1) is 19.0. The molecule has 4 aromatic rings. The number of rotatable bonds is 5. The van der Waals surface area contributed by atoms with Gasteiger partial charge in [0.2, 0.25) is 0 Å². The summed E-state index contributed by atoms with van der Waals surface area (Å²) in [5, 5.41) is 18.1. The quantitative estimate of drug-likeness (QED) is 0.382. The van der Waals surface area contributed by atoms with Crippen LogP contribution in [0.2, 0.25) is 0 Å². The zero-order valence-corrected chi connectivity index (χ0v) is 15.5. The normalized spacial score (nSPS) is 10.6. The van der Waals surface area contributed by atoms with Crippen molar-refractivity contribution in [2.24, 2.45) is 0 Å². The minimum Gasteiger partial charge on any atom is -0.322 e.